The predicted molar refractivity (Wildman–Crippen MR) is 79.1 cm³/mol. The fourth-order valence-corrected chi connectivity index (χ4v) is 3.41. The molecule has 3 nitrogen and oxygen atoms in total. The molecule has 1 saturated carbocycles. The lowest BCUT2D eigenvalue weighted by Gasteiger charge is -2.18. The Morgan fingerprint density at radius 1 is 1.30 bits per heavy atom. The zero-order valence-corrected chi connectivity index (χ0v) is 12.1. The molecule has 1 N–H and O–H groups in total. The third-order valence-corrected chi connectivity index (χ3v) is 5.02. The Labute approximate surface area is 120 Å². The van der Waals surface area contributed by atoms with Crippen molar-refractivity contribution in [2.24, 2.45) is 0 Å². The average Bonchev–Trinajstić information content (AvgIpc) is 3.24. The molecule has 1 heterocycles. The molecule has 0 radical (unpaired) electrons. The number of carboxylic acid groups (broad SMARTS) is 1. The summed E-state index contributed by atoms with van der Waals surface area (Å²) in [6.45, 7) is 2.31. The molecule has 3 rings (SSSR count). The lowest BCUT2D eigenvalue weighted by molar-refractivity contribution is -0.140. The molecule has 1 aromatic carbocycles. The van der Waals surface area contributed by atoms with Gasteiger partial charge in [0.15, 0.2) is 0 Å². The summed E-state index contributed by atoms with van der Waals surface area (Å²) in [7, 11) is 2.18. The van der Waals surface area contributed by atoms with Crippen LogP contribution in [0.2, 0.25) is 0 Å². The van der Waals surface area contributed by atoms with Crippen LogP contribution < -0.4 is 0 Å². The van der Waals surface area contributed by atoms with Gasteiger partial charge in [0.2, 0.25) is 0 Å². The minimum Gasteiger partial charge on any atom is -0.481 e. The Morgan fingerprint density at radius 3 is 2.80 bits per heavy atom. The second-order valence-electron chi connectivity index (χ2n) is 6.44. The van der Waals surface area contributed by atoms with E-state index in [1.165, 1.54) is 31.4 Å². The molecule has 2 aliphatic rings. The van der Waals surface area contributed by atoms with E-state index in [1.54, 1.807) is 0 Å². The molecule has 20 heavy (non-hydrogen) atoms. The molecule has 1 aromatic rings. The van der Waals surface area contributed by atoms with Crippen molar-refractivity contribution >= 4 is 5.97 Å². The van der Waals surface area contributed by atoms with Crippen molar-refractivity contribution in [3.8, 4) is 0 Å². The summed E-state index contributed by atoms with van der Waals surface area (Å²) >= 11 is 0. The smallest absolute Gasteiger partial charge is 0.314 e. The molecule has 1 saturated heterocycles. The Morgan fingerprint density at radius 2 is 2.10 bits per heavy atom. The van der Waals surface area contributed by atoms with E-state index in [-0.39, 0.29) is 0 Å². The summed E-state index contributed by atoms with van der Waals surface area (Å²) in [6.07, 6.45) is 5.21. The van der Waals surface area contributed by atoms with E-state index in [4.69, 9.17) is 0 Å². The Hall–Kier alpha value is -1.35. The average molecular weight is 273 g/mol. The first-order valence-corrected chi connectivity index (χ1v) is 7.64. The van der Waals surface area contributed by atoms with Crippen LogP contribution >= 0.6 is 0 Å². The van der Waals surface area contributed by atoms with Crippen LogP contribution in [0.5, 0.6) is 0 Å². The summed E-state index contributed by atoms with van der Waals surface area (Å²) in [4.78, 5) is 13.9. The van der Waals surface area contributed by atoms with E-state index in [0.717, 1.165) is 24.9 Å². The van der Waals surface area contributed by atoms with E-state index in [0.29, 0.717) is 5.92 Å². The highest BCUT2D eigenvalue weighted by Crippen LogP contribution is 2.49. The second-order valence-corrected chi connectivity index (χ2v) is 6.44. The van der Waals surface area contributed by atoms with Crippen LogP contribution in [-0.4, -0.2) is 36.1 Å². The van der Waals surface area contributed by atoms with Gasteiger partial charge in [0.1, 0.15) is 0 Å². The highest BCUT2D eigenvalue weighted by atomic mass is 16.4. The SMILES string of the molecule is CN1CCCC(c2cccc(C3(C(=O)O)CC3)c2)CC1. The van der Waals surface area contributed by atoms with Crippen LogP contribution in [0, 0.1) is 0 Å². The first kappa shape index (κ1) is 13.6. The molecular weight excluding hydrogens is 250 g/mol. The lowest BCUT2D eigenvalue weighted by atomic mass is 9.87. The molecule has 1 atom stereocenters. The van der Waals surface area contributed by atoms with Crippen LogP contribution in [0.4, 0.5) is 0 Å². The normalized spacial score (nSPS) is 25.9. The Balaban J connectivity index is 1.83. The minimum absolute atomic E-state index is 0.572. The van der Waals surface area contributed by atoms with Gasteiger partial charge in [0.25, 0.3) is 0 Å². The maximum absolute atomic E-state index is 11.5. The molecule has 0 amide bonds. The topological polar surface area (TPSA) is 40.5 Å². The number of carboxylic acids is 1. The van der Waals surface area contributed by atoms with Crippen molar-refractivity contribution in [1.82, 2.24) is 4.90 Å². The fraction of sp³-hybridized carbons (Fsp3) is 0.588. The van der Waals surface area contributed by atoms with Crippen LogP contribution in [0.3, 0.4) is 0 Å². The number of rotatable bonds is 3. The minimum atomic E-state index is -0.657. The van der Waals surface area contributed by atoms with E-state index in [1.807, 2.05) is 12.1 Å². The van der Waals surface area contributed by atoms with Crippen molar-refractivity contribution in [1.29, 1.82) is 0 Å². The number of carbonyl (C=O) groups is 1. The molecule has 0 bridgehead atoms. The van der Waals surface area contributed by atoms with Crippen molar-refractivity contribution in [3.63, 3.8) is 0 Å². The molecule has 1 aliphatic heterocycles. The van der Waals surface area contributed by atoms with Crippen LogP contribution in [0.1, 0.15) is 49.1 Å². The number of likely N-dealkylation sites (tertiary alicyclic amines) is 1. The maximum atomic E-state index is 11.5. The van der Waals surface area contributed by atoms with Gasteiger partial charge in [-0.1, -0.05) is 24.3 Å². The maximum Gasteiger partial charge on any atom is 0.314 e. The number of hydrogen-bond donors (Lipinski definition) is 1. The van der Waals surface area contributed by atoms with E-state index >= 15 is 0 Å². The summed E-state index contributed by atoms with van der Waals surface area (Å²) < 4.78 is 0. The van der Waals surface area contributed by atoms with E-state index < -0.39 is 11.4 Å². The zero-order chi connectivity index (χ0) is 14.2. The lowest BCUT2D eigenvalue weighted by Crippen LogP contribution is -2.20. The van der Waals surface area contributed by atoms with E-state index in [9.17, 15) is 9.90 Å². The monoisotopic (exact) mass is 273 g/mol. The van der Waals surface area contributed by atoms with Gasteiger partial charge in [-0.3, -0.25) is 4.79 Å². The molecule has 0 aromatic heterocycles. The van der Waals surface area contributed by atoms with Crippen molar-refractivity contribution < 1.29 is 9.90 Å². The molecule has 3 heteroatoms. The third-order valence-electron chi connectivity index (χ3n) is 5.02. The molecule has 108 valence electrons. The Kier molecular flexibility index (Phi) is 3.55. The van der Waals surface area contributed by atoms with Gasteiger partial charge in [-0.15, -0.1) is 0 Å². The molecule has 0 spiro atoms. The molecule has 1 aliphatic carbocycles. The molecule has 2 fully saturated rings. The number of hydrogen-bond acceptors (Lipinski definition) is 2. The van der Waals surface area contributed by atoms with E-state index in [2.05, 4.69) is 24.1 Å². The van der Waals surface area contributed by atoms with Crippen LogP contribution in [0.15, 0.2) is 24.3 Å². The van der Waals surface area contributed by atoms with Gasteiger partial charge in [-0.25, -0.2) is 0 Å². The standard InChI is InChI=1S/C17H23NO2/c1-18-10-3-5-13(7-11-18)14-4-2-6-15(12-14)17(8-9-17)16(19)20/h2,4,6,12-13H,3,5,7-11H2,1H3,(H,19,20). The summed E-state index contributed by atoms with van der Waals surface area (Å²) in [6, 6.07) is 8.38. The highest BCUT2D eigenvalue weighted by Gasteiger charge is 2.51. The van der Waals surface area contributed by atoms with Crippen LogP contribution in [0.25, 0.3) is 0 Å². The van der Waals surface area contributed by atoms with Gasteiger partial charge < -0.3 is 10.0 Å². The second kappa shape index (κ2) is 5.21. The summed E-state index contributed by atoms with van der Waals surface area (Å²) in [5, 5.41) is 9.43. The summed E-state index contributed by atoms with van der Waals surface area (Å²) in [5.74, 6) is -0.0697. The molecular formula is C17H23NO2. The Bertz CT molecular complexity index is 507. The summed E-state index contributed by atoms with van der Waals surface area (Å²) in [5.41, 5.74) is 1.78. The van der Waals surface area contributed by atoms with Gasteiger partial charge in [-0.05, 0) is 69.3 Å². The van der Waals surface area contributed by atoms with Crippen molar-refractivity contribution in [2.75, 3.05) is 20.1 Å². The number of aliphatic carboxylic acids is 1. The zero-order valence-electron chi connectivity index (χ0n) is 12.1. The third kappa shape index (κ3) is 2.47. The number of benzene rings is 1. The number of nitrogens with zero attached hydrogens (tertiary/aromatic N) is 1. The van der Waals surface area contributed by atoms with Gasteiger partial charge in [0, 0.05) is 0 Å². The van der Waals surface area contributed by atoms with Crippen LogP contribution in [-0.2, 0) is 10.2 Å². The largest absolute Gasteiger partial charge is 0.481 e. The van der Waals surface area contributed by atoms with Gasteiger partial charge in [0.05, 0.1) is 5.41 Å². The molecule has 1 unspecified atom stereocenters. The van der Waals surface area contributed by atoms with Crippen molar-refractivity contribution in [2.45, 2.75) is 43.4 Å². The fourth-order valence-electron chi connectivity index (χ4n) is 3.41. The highest BCUT2D eigenvalue weighted by molar-refractivity contribution is 5.84. The van der Waals surface area contributed by atoms with Gasteiger partial charge >= 0.3 is 5.97 Å². The van der Waals surface area contributed by atoms with Crippen molar-refractivity contribution in [3.05, 3.63) is 35.4 Å². The van der Waals surface area contributed by atoms with Gasteiger partial charge in [-0.2, -0.15) is 0 Å². The predicted octanol–water partition coefficient (Wildman–Crippen LogP) is 3.00. The quantitative estimate of drug-likeness (QED) is 0.920. The first-order chi connectivity index (χ1) is 9.62. The first-order valence-electron chi connectivity index (χ1n) is 7.64.